The van der Waals surface area contributed by atoms with Gasteiger partial charge in [-0.1, -0.05) is 6.92 Å². The van der Waals surface area contributed by atoms with E-state index < -0.39 is 0 Å². The monoisotopic (exact) mass is 210 g/mol. The van der Waals surface area contributed by atoms with Crippen molar-refractivity contribution < 1.29 is 5.11 Å². The van der Waals surface area contributed by atoms with Crippen LogP contribution in [-0.4, -0.2) is 22.8 Å². The first-order chi connectivity index (χ1) is 7.29. The second-order valence-corrected chi connectivity index (χ2v) is 3.84. The van der Waals surface area contributed by atoms with E-state index in [-0.39, 0.29) is 0 Å². The molecule has 15 heavy (non-hydrogen) atoms. The van der Waals surface area contributed by atoms with E-state index in [0.29, 0.717) is 12.6 Å². The van der Waals surface area contributed by atoms with Gasteiger partial charge in [0.05, 0.1) is 0 Å². The lowest BCUT2D eigenvalue weighted by Crippen LogP contribution is -2.20. The van der Waals surface area contributed by atoms with Crippen LogP contribution >= 0.6 is 0 Å². The van der Waals surface area contributed by atoms with Crippen molar-refractivity contribution in [3.05, 3.63) is 24.0 Å². The van der Waals surface area contributed by atoms with Crippen LogP contribution in [0.5, 0.6) is 0 Å². The molecule has 0 saturated carbocycles. The van der Waals surface area contributed by atoms with Crippen molar-refractivity contribution in [1.29, 1.82) is 0 Å². The van der Waals surface area contributed by atoms with Crippen LogP contribution in [0.3, 0.4) is 0 Å². The molecular weight excluding hydrogens is 188 g/mol. The summed E-state index contributed by atoms with van der Waals surface area (Å²) in [5, 5.41) is 12.1. The Labute approximate surface area is 92.1 Å². The molecule has 0 radical (unpaired) electrons. The standard InChI is InChI=1S/C12H22N2O/c1-3-13-11(2)12-7-6-9-14(12)8-4-5-10-15/h6-7,9,11,13,15H,3-5,8,10H2,1-2H3. The Kier molecular flexibility index (Phi) is 5.43. The molecule has 0 aliphatic rings. The number of nitrogens with one attached hydrogen (secondary N) is 1. The zero-order valence-electron chi connectivity index (χ0n) is 9.74. The van der Waals surface area contributed by atoms with Crippen LogP contribution in [-0.2, 0) is 6.54 Å². The number of rotatable bonds is 7. The number of aliphatic hydroxyl groups excluding tert-OH is 1. The van der Waals surface area contributed by atoms with Gasteiger partial charge < -0.3 is 15.0 Å². The summed E-state index contributed by atoms with van der Waals surface area (Å²) in [6, 6.07) is 4.65. The molecule has 1 unspecified atom stereocenters. The van der Waals surface area contributed by atoms with Crippen molar-refractivity contribution >= 4 is 0 Å². The third-order valence-corrected chi connectivity index (χ3v) is 2.63. The largest absolute Gasteiger partial charge is 0.396 e. The number of aryl methyl sites for hydroxylation is 1. The highest BCUT2D eigenvalue weighted by atomic mass is 16.2. The van der Waals surface area contributed by atoms with E-state index in [2.05, 4.69) is 42.1 Å². The Hall–Kier alpha value is -0.800. The van der Waals surface area contributed by atoms with Crippen molar-refractivity contribution in [2.45, 2.75) is 39.3 Å². The quantitative estimate of drug-likeness (QED) is 0.675. The number of hydrogen-bond acceptors (Lipinski definition) is 2. The number of aliphatic hydroxyl groups is 1. The summed E-state index contributed by atoms with van der Waals surface area (Å²) < 4.78 is 2.27. The van der Waals surface area contributed by atoms with E-state index in [1.165, 1.54) is 5.69 Å². The molecule has 3 heteroatoms. The van der Waals surface area contributed by atoms with Gasteiger partial charge in [-0.3, -0.25) is 0 Å². The first-order valence-corrected chi connectivity index (χ1v) is 5.78. The van der Waals surface area contributed by atoms with E-state index in [1.54, 1.807) is 0 Å². The molecule has 0 aliphatic carbocycles. The Morgan fingerprint density at radius 2 is 2.27 bits per heavy atom. The Morgan fingerprint density at radius 1 is 1.47 bits per heavy atom. The Bertz CT molecular complexity index is 270. The molecule has 2 N–H and O–H groups in total. The van der Waals surface area contributed by atoms with Crippen LogP contribution in [0.4, 0.5) is 0 Å². The first-order valence-electron chi connectivity index (χ1n) is 5.78. The maximum absolute atomic E-state index is 8.74. The van der Waals surface area contributed by atoms with E-state index in [9.17, 15) is 0 Å². The van der Waals surface area contributed by atoms with Gasteiger partial charge in [0.1, 0.15) is 0 Å². The smallest absolute Gasteiger partial charge is 0.0446 e. The van der Waals surface area contributed by atoms with Crippen molar-refractivity contribution in [3.8, 4) is 0 Å². The molecule has 1 heterocycles. The van der Waals surface area contributed by atoms with Crippen LogP contribution in [0.1, 0.15) is 38.4 Å². The molecule has 1 aromatic rings. The predicted molar refractivity (Wildman–Crippen MR) is 62.8 cm³/mol. The lowest BCUT2D eigenvalue weighted by atomic mass is 10.2. The van der Waals surface area contributed by atoms with Crippen molar-refractivity contribution in [2.24, 2.45) is 0 Å². The maximum atomic E-state index is 8.74. The molecule has 1 atom stereocenters. The van der Waals surface area contributed by atoms with Gasteiger partial charge in [0.25, 0.3) is 0 Å². The molecule has 86 valence electrons. The fourth-order valence-electron chi connectivity index (χ4n) is 1.83. The van der Waals surface area contributed by atoms with Gasteiger partial charge in [-0.05, 0) is 38.4 Å². The van der Waals surface area contributed by atoms with E-state index in [0.717, 1.165) is 25.9 Å². The molecule has 1 rings (SSSR count). The fourth-order valence-corrected chi connectivity index (χ4v) is 1.83. The molecule has 0 bridgehead atoms. The second-order valence-electron chi connectivity index (χ2n) is 3.84. The van der Waals surface area contributed by atoms with Gasteiger partial charge in [0, 0.05) is 31.1 Å². The minimum absolute atomic E-state index is 0.291. The van der Waals surface area contributed by atoms with E-state index >= 15 is 0 Å². The SMILES string of the molecule is CCNC(C)c1cccn1CCCCO. The molecule has 0 saturated heterocycles. The van der Waals surface area contributed by atoms with Gasteiger partial charge >= 0.3 is 0 Å². The highest BCUT2D eigenvalue weighted by Crippen LogP contribution is 2.13. The van der Waals surface area contributed by atoms with Gasteiger partial charge in [0.2, 0.25) is 0 Å². The third-order valence-electron chi connectivity index (χ3n) is 2.63. The topological polar surface area (TPSA) is 37.2 Å². The Morgan fingerprint density at radius 3 is 2.93 bits per heavy atom. The van der Waals surface area contributed by atoms with Crippen LogP contribution in [0, 0.1) is 0 Å². The number of aromatic nitrogens is 1. The van der Waals surface area contributed by atoms with E-state index in [1.807, 2.05) is 0 Å². The highest BCUT2D eigenvalue weighted by molar-refractivity contribution is 5.11. The van der Waals surface area contributed by atoms with Crippen LogP contribution < -0.4 is 5.32 Å². The summed E-state index contributed by atoms with van der Waals surface area (Å²) in [7, 11) is 0. The normalized spacial score (nSPS) is 13.0. The minimum atomic E-state index is 0.291. The zero-order chi connectivity index (χ0) is 11.1. The Balaban J connectivity index is 2.52. The first kappa shape index (κ1) is 12.3. The summed E-state index contributed by atoms with van der Waals surface area (Å²) >= 11 is 0. The number of hydrogen-bond donors (Lipinski definition) is 2. The summed E-state index contributed by atoms with van der Waals surface area (Å²) in [4.78, 5) is 0. The molecule has 3 nitrogen and oxygen atoms in total. The maximum Gasteiger partial charge on any atom is 0.0446 e. The van der Waals surface area contributed by atoms with Crippen molar-refractivity contribution in [2.75, 3.05) is 13.2 Å². The molecule has 0 spiro atoms. The summed E-state index contributed by atoms with van der Waals surface area (Å²) in [5.74, 6) is 0. The molecular formula is C12H22N2O. The van der Waals surface area contributed by atoms with Gasteiger partial charge in [-0.15, -0.1) is 0 Å². The molecule has 1 aromatic heterocycles. The second kappa shape index (κ2) is 6.64. The minimum Gasteiger partial charge on any atom is -0.396 e. The third kappa shape index (κ3) is 3.68. The summed E-state index contributed by atoms with van der Waals surface area (Å²) in [5.41, 5.74) is 1.33. The van der Waals surface area contributed by atoms with Gasteiger partial charge in [0.15, 0.2) is 0 Å². The fraction of sp³-hybridized carbons (Fsp3) is 0.667. The van der Waals surface area contributed by atoms with Crippen molar-refractivity contribution in [1.82, 2.24) is 9.88 Å². The lowest BCUT2D eigenvalue weighted by Gasteiger charge is -2.16. The highest BCUT2D eigenvalue weighted by Gasteiger charge is 2.07. The van der Waals surface area contributed by atoms with Gasteiger partial charge in [-0.25, -0.2) is 0 Å². The van der Waals surface area contributed by atoms with Crippen LogP contribution in [0.25, 0.3) is 0 Å². The van der Waals surface area contributed by atoms with Crippen LogP contribution in [0.15, 0.2) is 18.3 Å². The lowest BCUT2D eigenvalue weighted by molar-refractivity contribution is 0.281. The summed E-state index contributed by atoms with van der Waals surface area (Å²) in [6.45, 7) is 6.58. The van der Waals surface area contributed by atoms with E-state index in [4.69, 9.17) is 5.11 Å². The molecule has 0 aliphatic heterocycles. The molecule has 0 fully saturated rings. The average Bonchev–Trinajstić information content (AvgIpc) is 2.67. The predicted octanol–water partition coefficient (Wildman–Crippen LogP) is 1.93. The van der Waals surface area contributed by atoms with Crippen molar-refractivity contribution in [3.63, 3.8) is 0 Å². The average molecular weight is 210 g/mol. The van der Waals surface area contributed by atoms with Crippen LogP contribution in [0.2, 0.25) is 0 Å². The molecule has 0 aromatic carbocycles. The zero-order valence-corrected chi connectivity index (χ0v) is 9.74. The summed E-state index contributed by atoms with van der Waals surface area (Å²) in [6.07, 6.45) is 4.03. The number of nitrogens with zero attached hydrogens (tertiary/aromatic N) is 1. The number of unbranched alkanes of at least 4 members (excludes halogenated alkanes) is 1. The van der Waals surface area contributed by atoms with Gasteiger partial charge in [-0.2, -0.15) is 0 Å². The molecule has 0 amide bonds.